The Hall–Kier alpha value is -0.640. The third kappa shape index (κ3) is 2.95. The largest absolute Gasteiger partial charge is 0.348 e. The number of rotatable bonds is 2. The zero-order valence-corrected chi connectivity index (χ0v) is 7.70. The highest BCUT2D eigenvalue weighted by Gasteiger charge is 2.39. The Bertz CT molecular complexity index is 242. The maximum absolute atomic E-state index is 12.6. The molecule has 1 rings (SSSR count). The quantitative estimate of drug-likeness (QED) is 0.693. The molecule has 0 aromatic heterocycles. The summed E-state index contributed by atoms with van der Waals surface area (Å²) in [6, 6.07) is -0.474. The van der Waals surface area contributed by atoms with Gasteiger partial charge in [0, 0.05) is 18.9 Å². The SMILES string of the molecule is C=C(Cl)C(=O)NC1CCC(F)(F)C1. The molecule has 0 aromatic rings. The highest BCUT2D eigenvalue weighted by molar-refractivity contribution is 6.41. The van der Waals surface area contributed by atoms with Gasteiger partial charge in [-0.2, -0.15) is 0 Å². The lowest BCUT2D eigenvalue weighted by Gasteiger charge is -2.11. The van der Waals surface area contributed by atoms with Crippen molar-refractivity contribution in [1.29, 1.82) is 0 Å². The van der Waals surface area contributed by atoms with Crippen molar-refractivity contribution < 1.29 is 13.6 Å². The van der Waals surface area contributed by atoms with Gasteiger partial charge in [-0.05, 0) is 6.42 Å². The van der Waals surface area contributed by atoms with Crippen LogP contribution in [0.2, 0.25) is 0 Å². The van der Waals surface area contributed by atoms with Gasteiger partial charge in [0.05, 0.1) is 5.03 Å². The smallest absolute Gasteiger partial charge is 0.262 e. The minimum atomic E-state index is -2.65. The molecule has 0 aliphatic heterocycles. The molecule has 1 saturated carbocycles. The molecule has 0 heterocycles. The zero-order valence-electron chi connectivity index (χ0n) is 6.95. The number of carbonyl (C=O) groups is 1. The summed E-state index contributed by atoms with van der Waals surface area (Å²) in [5.41, 5.74) is 0. The Kier molecular flexibility index (Phi) is 2.91. The average molecular weight is 210 g/mol. The Balaban J connectivity index is 2.41. The van der Waals surface area contributed by atoms with Crippen LogP contribution in [0.5, 0.6) is 0 Å². The first-order chi connectivity index (χ1) is 5.91. The fourth-order valence-electron chi connectivity index (χ4n) is 1.34. The maximum Gasteiger partial charge on any atom is 0.262 e. The second-order valence-corrected chi connectivity index (χ2v) is 3.63. The molecule has 0 bridgehead atoms. The Labute approximate surface area is 79.9 Å². The highest BCUT2D eigenvalue weighted by Crippen LogP contribution is 2.34. The van der Waals surface area contributed by atoms with E-state index in [-0.39, 0.29) is 17.9 Å². The summed E-state index contributed by atoms with van der Waals surface area (Å²) in [7, 11) is 0. The van der Waals surface area contributed by atoms with Crippen LogP contribution in [0, 0.1) is 0 Å². The summed E-state index contributed by atoms with van der Waals surface area (Å²) in [5, 5.41) is 2.21. The van der Waals surface area contributed by atoms with Gasteiger partial charge in [-0.15, -0.1) is 0 Å². The first-order valence-electron chi connectivity index (χ1n) is 3.94. The van der Waals surface area contributed by atoms with Crippen molar-refractivity contribution in [3.8, 4) is 0 Å². The molecule has 0 aromatic carbocycles. The van der Waals surface area contributed by atoms with Crippen LogP contribution in [0.15, 0.2) is 11.6 Å². The van der Waals surface area contributed by atoms with Gasteiger partial charge >= 0.3 is 0 Å². The molecule has 13 heavy (non-hydrogen) atoms. The molecule has 1 unspecified atom stereocenters. The van der Waals surface area contributed by atoms with E-state index in [2.05, 4.69) is 11.9 Å². The molecule has 1 aliphatic rings. The summed E-state index contributed by atoms with van der Waals surface area (Å²) >= 11 is 5.28. The molecule has 0 saturated heterocycles. The minimum absolute atomic E-state index is 0.171. The van der Waals surface area contributed by atoms with Crippen molar-refractivity contribution in [3.05, 3.63) is 11.6 Å². The van der Waals surface area contributed by atoms with Gasteiger partial charge in [-0.1, -0.05) is 18.2 Å². The lowest BCUT2D eigenvalue weighted by molar-refractivity contribution is -0.117. The zero-order chi connectivity index (χ0) is 10.1. The topological polar surface area (TPSA) is 29.1 Å². The van der Waals surface area contributed by atoms with Gasteiger partial charge in [-0.25, -0.2) is 8.78 Å². The van der Waals surface area contributed by atoms with E-state index in [9.17, 15) is 13.6 Å². The Morgan fingerprint density at radius 1 is 1.62 bits per heavy atom. The third-order valence-corrected chi connectivity index (χ3v) is 2.16. The molecule has 1 fully saturated rings. The van der Waals surface area contributed by atoms with E-state index in [0.29, 0.717) is 6.42 Å². The lowest BCUT2D eigenvalue weighted by atomic mass is 10.2. The van der Waals surface area contributed by atoms with Gasteiger partial charge in [0.1, 0.15) is 0 Å². The first kappa shape index (κ1) is 10.4. The molecule has 1 amide bonds. The fraction of sp³-hybridized carbons (Fsp3) is 0.625. The number of halogens is 3. The number of nitrogens with one attached hydrogen (secondary N) is 1. The molecular weight excluding hydrogens is 200 g/mol. The summed E-state index contributed by atoms with van der Waals surface area (Å²) in [6.45, 7) is 3.20. The lowest BCUT2D eigenvalue weighted by Crippen LogP contribution is -2.33. The summed E-state index contributed by atoms with van der Waals surface area (Å²) in [6.07, 6.45) is -0.182. The second kappa shape index (κ2) is 3.62. The minimum Gasteiger partial charge on any atom is -0.348 e. The average Bonchev–Trinajstić information content (AvgIpc) is 2.30. The van der Waals surface area contributed by atoms with E-state index in [1.807, 2.05) is 0 Å². The van der Waals surface area contributed by atoms with Crippen molar-refractivity contribution in [2.45, 2.75) is 31.2 Å². The normalized spacial score (nSPS) is 25.6. The third-order valence-electron chi connectivity index (χ3n) is 1.99. The van der Waals surface area contributed by atoms with E-state index in [4.69, 9.17) is 11.6 Å². The molecule has 1 N–H and O–H groups in total. The van der Waals surface area contributed by atoms with Crippen LogP contribution in [0.3, 0.4) is 0 Å². The Morgan fingerprint density at radius 3 is 2.62 bits per heavy atom. The van der Waals surface area contributed by atoms with Gasteiger partial charge in [0.25, 0.3) is 5.91 Å². The van der Waals surface area contributed by atoms with Crippen LogP contribution in [0.1, 0.15) is 19.3 Å². The van der Waals surface area contributed by atoms with Crippen LogP contribution >= 0.6 is 11.6 Å². The Morgan fingerprint density at radius 2 is 2.23 bits per heavy atom. The van der Waals surface area contributed by atoms with Gasteiger partial charge in [-0.3, -0.25) is 4.79 Å². The predicted octanol–water partition coefficient (Wildman–Crippen LogP) is 2.04. The molecule has 1 atom stereocenters. The van der Waals surface area contributed by atoms with Crippen LogP contribution in [0.4, 0.5) is 8.78 Å². The standard InChI is InChI=1S/C8H10ClF2NO/c1-5(9)7(13)12-6-2-3-8(10,11)4-6/h6H,1-4H2,(H,12,13). The molecule has 1 aliphatic carbocycles. The van der Waals surface area contributed by atoms with Gasteiger partial charge in [0.2, 0.25) is 5.92 Å². The number of carbonyl (C=O) groups excluding carboxylic acids is 1. The van der Waals surface area contributed by atoms with Crippen molar-refractivity contribution >= 4 is 17.5 Å². The number of amides is 1. The van der Waals surface area contributed by atoms with Gasteiger partial charge < -0.3 is 5.32 Å². The maximum atomic E-state index is 12.6. The van der Waals surface area contributed by atoms with E-state index < -0.39 is 17.9 Å². The van der Waals surface area contributed by atoms with Crippen molar-refractivity contribution in [2.24, 2.45) is 0 Å². The highest BCUT2D eigenvalue weighted by atomic mass is 35.5. The summed E-state index contributed by atoms with van der Waals surface area (Å²) < 4.78 is 25.3. The second-order valence-electron chi connectivity index (χ2n) is 3.17. The van der Waals surface area contributed by atoms with E-state index >= 15 is 0 Å². The number of hydrogen-bond donors (Lipinski definition) is 1. The van der Waals surface area contributed by atoms with Crippen LogP contribution in [0.25, 0.3) is 0 Å². The number of alkyl halides is 2. The van der Waals surface area contributed by atoms with Crippen molar-refractivity contribution in [2.75, 3.05) is 0 Å². The molecule has 0 radical (unpaired) electrons. The van der Waals surface area contributed by atoms with Crippen LogP contribution in [-0.4, -0.2) is 17.9 Å². The summed E-state index contributed by atoms with van der Waals surface area (Å²) in [4.78, 5) is 10.9. The van der Waals surface area contributed by atoms with Crippen LogP contribution < -0.4 is 5.32 Å². The predicted molar refractivity (Wildman–Crippen MR) is 45.7 cm³/mol. The van der Waals surface area contributed by atoms with Crippen molar-refractivity contribution in [3.63, 3.8) is 0 Å². The van der Waals surface area contributed by atoms with Gasteiger partial charge in [0.15, 0.2) is 0 Å². The monoisotopic (exact) mass is 209 g/mol. The molecule has 2 nitrogen and oxygen atoms in total. The van der Waals surface area contributed by atoms with E-state index in [1.165, 1.54) is 0 Å². The molecule has 5 heteroatoms. The summed E-state index contributed by atoms with van der Waals surface area (Å²) in [5.74, 6) is -3.21. The fourth-order valence-corrected chi connectivity index (χ4v) is 1.39. The van der Waals surface area contributed by atoms with E-state index in [0.717, 1.165) is 0 Å². The van der Waals surface area contributed by atoms with Crippen molar-refractivity contribution in [1.82, 2.24) is 5.32 Å². The first-order valence-corrected chi connectivity index (χ1v) is 4.31. The van der Waals surface area contributed by atoms with Crippen LogP contribution in [-0.2, 0) is 4.79 Å². The molecule has 74 valence electrons. The number of hydrogen-bond acceptors (Lipinski definition) is 1. The molecular formula is C8H10ClF2NO. The molecule has 0 spiro atoms. The van der Waals surface area contributed by atoms with E-state index in [1.54, 1.807) is 0 Å².